The maximum absolute atomic E-state index is 12.6. The van der Waals surface area contributed by atoms with Gasteiger partial charge in [-0.15, -0.1) is 21.5 Å². The van der Waals surface area contributed by atoms with Gasteiger partial charge >= 0.3 is 0 Å². The Bertz CT molecular complexity index is 1190. The molecule has 0 unspecified atom stereocenters. The fraction of sp³-hybridized carbons (Fsp3) is 0.150. The van der Waals surface area contributed by atoms with Crippen LogP contribution in [-0.2, 0) is 11.2 Å². The number of amides is 1. The fourth-order valence-corrected chi connectivity index (χ4v) is 5.38. The number of carbonyl (C=O) groups excluding carboxylic acids is 1. The van der Waals surface area contributed by atoms with Crippen molar-refractivity contribution in [1.29, 1.82) is 0 Å². The molecule has 0 atom stereocenters. The van der Waals surface area contributed by atoms with Gasteiger partial charge in [-0.25, -0.2) is 0 Å². The first-order valence-electron chi connectivity index (χ1n) is 8.72. The highest BCUT2D eigenvalue weighted by Crippen LogP contribution is 2.41. The zero-order chi connectivity index (χ0) is 19.1. The van der Waals surface area contributed by atoms with E-state index in [1.807, 2.05) is 47.4 Å². The lowest BCUT2D eigenvalue weighted by atomic mass is 10.2. The molecule has 0 saturated heterocycles. The van der Waals surface area contributed by atoms with E-state index < -0.39 is 0 Å². The van der Waals surface area contributed by atoms with Crippen LogP contribution in [0.5, 0.6) is 0 Å². The van der Waals surface area contributed by atoms with Crippen LogP contribution in [0.1, 0.15) is 5.56 Å². The third-order valence-corrected chi connectivity index (χ3v) is 7.11. The van der Waals surface area contributed by atoms with Gasteiger partial charge in [0.15, 0.2) is 0 Å². The van der Waals surface area contributed by atoms with Crippen molar-refractivity contribution >= 4 is 56.4 Å². The van der Waals surface area contributed by atoms with Crippen LogP contribution in [0.15, 0.2) is 58.2 Å². The molecule has 3 heterocycles. The summed E-state index contributed by atoms with van der Waals surface area (Å²) in [4.78, 5) is 15.2. The predicted molar refractivity (Wildman–Crippen MR) is 113 cm³/mol. The molecule has 5 rings (SSSR count). The number of rotatable bonds is 4. The molecule has 0 aliphatic carbocycles. The van der Waals surface area contributed by atoms with Crippen molar-refractivity contribution in [2.45, 2.75) is 11.6 Å². The van der Waals surface area contributed by atoms with Crippen molar-refractivity contribution in [3.05, 3.63) is 59.1 Å². The molecule has 1 aliphatic rings. The molecule has 0 bridgehead atoms. The Morgan fingerprint density at radius 1 is 1.18 bits per heavy atom. The number of nitrogens with zero attached hydrogens (tertiary/aromatic N) is 3. The van der Waals surface area contributed by atoms with Crippen LogP contribution in [0.3, 0.4) is 0 Å². The summed E-state index contributed by atoms with van der Waals surface area (Å²) >= 11 is 9.24. The number of thioether (sulfide) groups is 1. The average molecular weight is 428 g/mol. The summed E-state index contributed by atoms with van der Waals surface area (Å²) in [6.07, 6.45) is 0.891. The number of para-hydroxylation sites is 1. The number of hydrogen-bond acceptors (Lipinski definition) is 6. The van der Waals surface area contributed by atoms with E-state index in [4.69, 9.17) is 16.0 Å². The van der Waals surface area contributed by atoms with E-state index in [9.17, 15) is 4.79 Å². The zero-order valence-electron chi connectivity index (χ0n) is 14.6. The molecular formula is C20H14ClN3O2S2. The molecule has 8 heteroatoms. The molecule has 5 nitrogen and oxygen atoms in total. The lowest BCUT2D eigenvalue weighted by Gasteiger charge is -2.16. The summed E-state index contributed by atoms with van der Waals surface area (Å²) in [6, 6.07) is 15.9. The highest BCUT2D eigenvalue weighted by molar-refractivity contribution is 7.99. The standard InChI is InChI=1S/C20H14ClN3O2S2/c21-17-13-6-2-4-8-15(13)28-18(17)19-22-23-20(26-19)27-11-16(25)24-10-9-12-5-1-3-7-14(12)24/h1-8H,9-11H2. The van der Waals surface area contributed by atoms with Gasteiger partial charge in [0.1, 0.15) is 4.88 Å². The molecule has 0 saturated carbocycles. The molecule has 2 aromatic carbocycles. The summed E-state index contributed by atoms with van der Waals surface area (Å²) in [5, 5.41) is 10.1. The maximum Gasteiger partial charge on any atom is 0.277 e. The number of aromatic nitrogens is 2. The van der Waals surface area contributed by atoms with Crippen molar-refractivity contribution in [1.82, 2.24) is 10.2 Å². The molecule has 140 valence electrons. The minimum Gasteiger partial charge on any atom is -0.410 e. The van der Waals surface area contributed by atoms with Gasteiger partial charge in [-0.1, -0.05) is 59.8 Å². The van der Waals surface area contributed by atoms with Crippen LogP contribution in [0.2, 0.25) is 5.02 Å². The number of hydrogen-bond donors (Lipinski definition) is 0. The fourth-order valence-electron chi connectivity index (χ4n) is 3.31. The van der Waals surface area contributed by atoms with Gasteiger partial charge in [0.25, 0.3) is 11.1 Å². The SMILES string of the molecule is O=C(CSc1nnc(-c2sc3ccccc3c2Cl)o1)N1CCc2ccccc21. The van der Waals surface area contributed by atoms with Gasteiger partial charge in [-0.2, -0.15) is 0 Å². The van der Waals surface area contributed by atoms with Crippen LogP contribution in [0, 0.1) is 0 Å². The second kappa shape index (κ2) is 7.24. The molecule has 0 N–H and O–H groups in total. The molecule has 0 spiro atoms. The predicted octanol–water partition coefficient (Wildman–Crippen LogP) is 5.29. The lowest BCUT2D eigenvalue weighted by molar-refractivity contribution is -0.116. The van der Waals surface area contributed by atoms with Crippen LogP contribution in [0.25, 0.3) is 20.9 Å². The summed E-state index contributed by atoms with van der Waals surface area (Å²) in [6.45, 7) is 0.714. The molecular weight excluding hydrogens is 414 g/mol. The molecule has 28 heavy (non-hydrogen) atoms. The summed E-state index contributed by atoms with van der Waals surface area (Å²) in [5.41, 5.74) is 2.21. The number of halogens is 1. The van der Waals surface area contributed by atoms with Crippen LogP contribution >= 0.6 is 34.7 Å². The maximum atomic E-state index is 12.6. The second-order valence-electron chi connectivity index (χ2n) is 6.33. The number of benzene rings is 2. The first kappa shape index (κ1) is 17.7. The molecule has 2 aromatic heterocycles. The Kier molecular flexibility index (Phi) is 4.58. The van der Waals surface area contributed by atoms with Crippen molar-refractivity contribution in [3.63, 3.8) is 0 Å². The number of anilines is 1. The van der Waals surface area contributed by atoms with Crippen molar-refractivity contribution in [3.8, 4) is 10.8 Å². The largest absolute Gasteiger partial charge is 0.410 e. The minimum atomic E-state index is 0.0367. The quantitative estimate of drug-likeness (QED) is 0.414. The van der Waals surface area contributed by atoms with Gasteiger partial charge in [0.05, 0.1) is 10.8 Å². The lowest BCUT2D eigenvalue weighted by Crippen LogP contribution is -2.30. The monoisotopic (exact) mass is 427 g/mol. The Balaban J connectivity index is 1.31. The van der Waals surface area contributed by atoms with E-state index in [2.05, 4.69) is 16.3 Å². The number of thiophene rings is 1. The zero-order valence-corrected chi connectivity index (χ0v) is 17.0. The molecule has 4 aromatic rings. The summed E-state index contributed by atoms with van der Waals surface area (Å²) in [7, 11) is 0. The van der Waals surface area contributed by atoms with Crippen molar-refractivity contribution in [2.24, 2.45) is 0 Å². The van der Waals surface area contributed by atoms with E-state index >= 15 is 0 Å². The molecule has 1 aliphatic heterocycles. The van der Waals surface area contributed by atoms with E-state index in [1.54, 1.807) is 0 Å². The smallest absolute Gasteiger partial charge is 0.277 e. The normalized spacial score (nSPS) is 13.2. The Morgan fingerprint density at radius 2 is 2.00 bits per heavy atom. The van der Waals surface area contributed by atoms with Crippen LogP contribution in [0.4, 0.5) is 5.69 Å². The van der Waals surface area contributed by atoms with E-state index in [0.29, 0.717) is 22.7 Å². The molecule has 0 fully saturated rings. The highest BCUT2D eigenvalue weighted by atomic mass is 35.5. The average Bonchev–Trinajstić information content (AvgIpc) is 3.43. The Labute approximate surface area is 174 Å². The minimum absolute atomic E-state index is 0.0367. The van der Waals surface area contributed by atoms with Gasteiger partial charge < -0.3 is 9.32 Å². The third-order valence-electron chi connectivity index (χ3n) is 4.64. The second-order valence-corrected chi connectivity index (χ2v) is 8.68. The first-order valence-corrected chi connectivity index (χ1v) is 10.9. The molecule has 1 amide bonds. The van der Waals surface area contributed by atoms with Crippen LogP contribution in [-0.4, -0.2) is 28.4 Å². The van der Waals surface area contributed by atoms with Gasteiger partial charge in [0.2, 0.25) is 5.91 Å². The summed E-state index contributed by atoms with van der Waals surface area (Å²) < 4.78 is 6.83. The number of fused-ring (bicyclic) bond motifs is 2. The Hall–Kier alpha value is -2.35. The summed E-state index contributed by atoms with van der Waals surface area (Å²) in [5.74, 6) is 0.665. The highest BCUT2D eigenvalue weighted by Gasteiger charge is 2.25. The van der Waals surface area contributed by atoms with Gasteiger partial charge in [-0.3, -0.25) is 4.79 Å². The van der Waals surface area contributed by atoms with Crippen molar-refractivity contribution < 1.29 is 9.21 Å². The first-order chi connectivity index (χ1) is 13.7. The van der Waals surface area contributed by atoms with E-state index in [1.165, 1.54) is 28.7 Å². The van der Waals surface area contributed by atoms with Gasteiger partial charge in [0, 0.05) is 22.3 Å². The van der Waals surface area contributed by atoms with Crippen LogP contribution < -0.4 is 4.90 Å². The molecule has 0 radical (unpaired) electrons. The van der Waals surface area contributed by atoms with Gasteiger partial charge in [-0.05, 0) is 24.1 Å². The Morgan fingerprint density at radius 3 is 2.89 bits per heavy atom. The van der Waals surface area contributed by atoms with E-state index in [-0.39, 0.29) is 11.7 Å². The third kappa shape index (κ3) is 3.09. The number of carbonyl (C=O) groups is 1. The van der Waals surface area contributed by atoms with Crippen molar-refractivity contribution in [2.75, 3.05) is 17.2 Å². The van der Waals surface area contributed by atoms with E-state index in [0.717, 1.165) is 27.1 Å². The topological polar surface area (TPSA) is 59.2 Å².